The monoisotopic (exact) mass is 432 g/mol. The molecule has 0 amide bonds. The van der Waals surface area contributed by atoms with Crippen LogP contribution in [0.15, 0.2) is 66.4 Å². The Bertz CT molecular complexity index is 1170. The Hall–Kier alpha value is -3.04. The summed E-state index contributed by atoms with van der Waals surface area (Å²) in [5.41, 5.74) is 4.60. The van der Waals surface area contributed by atoms with E-state index in [-0.39, 0.29) is 11.2 Å². The second-order valence-electron chi connectivity index (χ2n) is 8.80. The van der Waals surface area contributed by atoms with Crippen molar-refractivity contribution in [2.45, 2.75) is 39.7 Å². The summed E-state index contributed by atoms with van der Waals surface area (Å²) in [6.45, 7) is 8.82. The van der Waals surface area contributed by atoms with Gasteiger partial charge in [-0.15, -0.1) is 0 Å². The van der Waals surface area contributed by atoms with Crippen molar-refractivity contribution in [3.8, 4) is 11.5 Å². The molecular formula is C27H25ClO3. The third-order valence-corrected chi connectivity index (χ3v) is 5.63. The predicted molar refractivity (Wildman–Crippen MR) is 125 cm³/mol. The summed E-state index contributed by atoms with van der Waals surface area (Å²) in [5.74, 6) is 1.46. The van der Waals surface area contributed by atoms with Crippen LogP contribution in [0.2, 0.25) is 5.02 Å². The molecular weight excluding hydrogens is 408 g/mol. The van der Waals surface area contributed by atoms with Gasteiger partial charge in [-0.05, 0) is 59.4 Å². The van der Waals surface area contributed by atoms with E-state index in [0.29, 0.717) is 34.5 Å². The first-order valence-corrected chi connectivity index (χ1v) is 10.7. The maximum absolute atomic E-state index is 12.9. The summed E-state index contributed by atoms with van der Waals surface area (Å²) in [4.78, 5) is 12.9. The van der Waals surface area contributed by atoms with Gasteiger partial charge in [0, 0.05) is 10.6 Å². The Balaban J connectivity index is 1.54. The number of rotatable bonds is 4. The van der Waals surface area contributed by atoms with Crippen LogP contribution in [0.4, 0.5) is 0 Å². The Kier molecular flexibility index (Phi) is 5.63. The summed E-state index contributed by atoms with van der Waals surface area (Å²) in [7, 11) is 0. The van der Waals surface area contributed by atoms with Crippen LogP contribution in [-0.4, -0.2) is 5.78 Å². The van der Waals surface area contributed by atoms with Crippen molar-refractivity contribution in [2.75, 3.05) is 0 Å². The zero-order chi connectivity index (χ0) is 22.2. The summed E-state index contributed by atoms with van der Waals surface area (Å²) < 4.78 is 11.9. The Labute approximate surface area is 188 Å². The minimum absolute atomic E-state index is 0.0835. The topological polar surface area (TPSA) is 35.5 Å². The number of benzene rings is 3. The van der Waals surface area contributed by atoms with Gasteiger partial charge in [0.1, 0.15) is 18.1 Å². The fraction of sp³-hybridized carbons (Fsp3) is 0.222. The maximum atomic E-state index is 12.9. The molecule has 3 nitrogen and oxygen atoms in total. The SMILES string of the molecule is Cc1c(OCc2cccc(Cl)c2)ccc2c1O/C(=C\c1ccc(C(C)(C)C)cc1)C2=O. The maximum Gasteiger partial charge on any atom is 0.231 e. The van der Waals surface area contributed by atoms with Crippen molar-refractivity contribution in [2.24, 2.45) is 0 Å². The van der Waals surface area contributed by atoms with E-state index in [1.54, 1.807) is 12.1 Å². The van der Waals surface area contributed by atoms with E-state index in [0.717, 1.165) is 16.7 Å². The molecule has 0 spiro atoms. The smallest absolute Gasteiger partial charge is 0.231 e. The van der Waals surface area contributed by atoms with Crippen molar-refractivity contribution in [3.05, 3.63) is 99.3 Å². The van der Waals surface area contributed by atoms with Crippen molar-refractivity contribution < 1.29 is 14.3 Å². The van der Waals surface area contributed by atoms with Gasteiger partial charge >= 0.3 is 0 Å². The second kappa shape index (κ2) is 8.24. The summed E-state index contributed by atoms with van der Waals surface area (Å²) in [6.07, 6.45) is 1.79. The zero-order valence-electron chi connectivity index (χ0n) is 18.2. The average Bonchev–Trinajstić information content (AvgIpc) is 3.04. The number of hydrogen-bond acceptors (Lipinski definition) is 3. The van der Waals surface area contributed by atoms with Gasteiger partial charge in [0.05, 0.1) is 5.56 Å². The molecule has 3 aromatic rings. The standard InChI is InChI=1S/C27H25ClO3/c1-17-23(30-16-19-6-5-7-21(28)14-19)13-12-22-25(29)24(31-26(17)22)15-18-8-10-20(11-9-18)27(2,3)4/h5-15H,16H2,1-4H3/b24-15-. The van der Waals surface area contributed by atoms with Crippen LogP contribution in [0, 0.1) is 6.92 Å². The summed E-state index contributed by atoms with van der Waals surface area (Å²) in [6, 6.07) is 19.3. The number of fused-ring (bicyclic) bond motifs is 1. The van der Waals surface area contributed by atoms with Crippen molar-refractivity contribution in [1.82, 2.24) is 0 Å². The highest BCUT2D eigenvalue weighted by atomic mass is 35.5. The fourth-order valence-electron chi connectivity index (χ4n) is 3.54. The number of carbonyl (C=O) groups is 1. The molecule has 0 aromatic heterocycles. The quantitative estimate of drug-likeness (QED) is 0.411. The summed E-state index contributed by atoms with van der Waals surface area (Å²) >= 11 is 6.04. The highest BCUT2D eigenvalue weighted by Gasteiger charge is 2.30. The fourth-order valence-corrected chi connectivity index (χ4v) is 3.76. The van der Waals surface area contributed by atoms with Gasteiger partial charge in [-0.1, -0.05) is 68.8 Å². The van der Waals surface area contributed by atoms with E-state index in [4.69, 9.17) is 21.1 Å². The minimum Gasteiger partial charge on any atom is -0.488 e. The van der Waals surface area contributed by atoms with E-state index >= 15 is 0 Å². The average molecular weight is 433 g/mol. The van der Waals surface area contributed by atoms with Crippen LogP contribution < -0.4 is 9.47 Å². The van der Waals surface area contributed by atoms with Gasteiger partial charge in [0.15, 0.2) is 5.76 Å². The van der Waals surface area contributed by atoms with Crippen LogP contribution in [0.5, 0.6) is 11.5 Å². The van der Waals surface area contributed by atoms with Gasteiger partial charge in [-0.3, -0.25) is 4.79 Å². The zero-order valence-corrected chi connectivity index (χ0v) is 18.9. The van der Waals surface area contributed by atoms with Gasteiger partial charge in [0.25, 0.3) is 0 Å². The first-order chi connectivity index (χ1) is 14.7. The molecule has 3 aromatic carbocycles. The Morgan fingerprint density at radius 2 is 1.77 bits per heavy atom. The van der Waals surface area contributed by atoms with Crippen LogP contribution in [0.3, 0.4) is 0 Å². The number of hydrogen-bond donors (Lipinski definition) is 0. The molecule has 0 aliphatic carbocycles. The molecule has 31 heavy (non-hydrogen) atoms. The molecule has 1 aliphatic heterocycles. The first-order valence-electron chi connectivity index (χ1n) is 10.3. The van der Waals surface area contributed by atoms with Crippen molar-refractivity contribution in [3.63, 3.8) is 0 Å². The molecule has 158 valence electrons. The molecule has 0 saturated heterocycles. The van der Waals surface area contributed by atoms with Crippen molar-refractivity contribution >= 4 is 23.5 Å². The third-order valence-electron chi connectivity index (χ3n) is 5.39. The lowest BCUT2D eigenvalue weighted by atomic mass is 9.86. The van der Waals surface area contributed by atoms with E-state index in [1.165, 1.54) is 5.56 Å². The number of allylic oxidation sites excluding steroid dienone is 1. The number of ketones is 1. The Morgan fingerprint density at radius 1 is 1.03 bits per heavy atom. The Morgan fingerprint density at radius 3 is 2.45 bits per heavy atom. The molecule has 0 radical (unpaired) electrons. The van der Waals surface area contributed by atoms with E-state index in [2.05, 4.69) is 32.9 Å². The lowest BCUT2D eigenvalue weighted by molar-refractivity contribution is 0.101. The molecule has 0 saturated carbocycles. The van der Waals surface area contributed by atoms with Crippen molar-refractivity contribution in [1.29, 1.82) is 0 Å². The third kappa shape index (κ3) is 4.52. The molecule has 0 fully saturated rings. The summed E-state index contributed by atoms with van der Waals surface area (Å²) in [5, 5.41) is 0.672. The number of carbonyl (C=O) groups excluding carboxylic acids is 1. The number of Topliss-reactive ketones (excluding diaryl/α,β-unsaturated/α-hetero) is 1. The lowest BCUT2D eigenvalue weighted by Crippen LogP contribution is -2.10. The van der Waals surface area contributed by atoms with Crippen LogP contribution >= 0.6 is 11.6 Å². The molecule has 0 N–H and O–H groups in total. The van der Waals surface area contributed by atoms with Crippen LogP contribution in [0.1, 0.15) is 53.4 Å². The van der Waals surface area contributed by atoms with E-state index in [9.17, 15) is 4.79 Å². The molecule has 1 heterocycles. The van der Waals surface area contributed by atoms with Gasteiger partial charge < -0.3 is 9.47 Å². The molecule has 0 atom stereocenters. The first kappa shape index (κ1) is 21.2. The molecule has 0 bridgehead atoms. The number of halogens is 1. The predicted octanol–water partition coefficient (Wildman–Crippen LogP) is 7.14. The molecule has 4 heteroatoms. The van der Waals surface area contributed by atoms with Crippen LogP contribution in [0.25, 0.3) is 6.08 Å². The minimum atomic E-state index is -0.112. The normalized spacial score (nSPS) is 14.5. The molecule has 4 rings (SSSR count). The van der Waals surface area contributed by atoms with Gasteiger partial charge in [-0.25, -0.2) is 0 Å². The number of ether oxygens (including phenoxy) is 2. The molecule has 0 unspecified atom stereocenters. The van der Waals surface area contributed by atoms with E-state index < -0.39 is 0 Å². The van der Waals surface area contributed by atoms with Gasteiger partial charge in [0.2, 0.25) is 5.78 Å². The van der Waals surface area contributed by atoms with Gasteiger partial charge in [-0.2, -0.15) is 0 Å². The highest BCUT2D eigenvalue weighted by molar-refractivity contribution is 6.30. The van der Waals surface area contributed by atoms with Crippen LogP contribution in [-0.2, 0) is 12.0 Å². The molecule has 1 aliphatic rings. The largest absolute Gasteiger partial charge is 0.488 e. The highest BCUT2D eigenvalue weighted by Crippen LogP contribution is 2.39. The van der Waals surface area contributed by atoms with E-state index in [1.807, 2.05) is 49.4 Å². The lowest BCUT2D eigenvalue weighted by Gasteiger charge is -2.18. The second-order valence-corrected chi connectivity index (χ2v) is 9.23.